The van der Waals surface area contributed by atoms with E-state index in [1.165, 1.54) is 5.56 Å². The molecule has 13 heavy (non-hydrogen) atoms. The van der Waals surface area contributed by atoms with E-state index in [9.17, 15) is 0 Å². The van der Waals surface area contributed by atoms with E-state index in [1.54, 1.807) is 0 Å². The van der Waals surface area contributed by atoms with Gasteiger partial charge in [0.1, 0.15) is 0 Å². The van der Waals surface area contributed by atoms with Gasteiger partial charge < -0.3 is 5.11 Å². The molecule has 0 heterocycles. The van der Waals surface area contributed by atoms with Crippen molar-refractivity contribution in [2.75, 3.05) is 6.61 Å². The summed E-state index contributed by atoms with van der Waals surface area (Å²) >= 11 is 0. The number of hydrogen-bond acceptors (Lipinski definition) is 1. The molecule has 1 heteroatoms. The Morgan fingerprint density at radius 3 is 1.92 bits per heavy atom. The molecule has 1 N–H and O–H groups in total. The van der Waals surface area contributed by atoms with Gasteiger partial charge in [-0.1, -0.05) is 58.0 Å². The minimum absolute atomic E-state index is 0.110. The molecule has 74 valence electrons. The van der Waals surface area contributed by atoms with Gasteiger partial charge in [-0.3, -0.25) is 0 Å². The number of benzene rings is 1. The van der Waals surface area contributed by atoms with Gasteiger partial charge in [-0.15, -0.1) is 0 Å². The second-order valence-electron chi connectivity index (χ2n) is 3.41. The van der Waals surface area contributed by atoms with Gasteiger partial charge in [0.05, 0.1) is 6.61 Å². The summed E-state index contributed by atoms with van der Waals surface area (Å²) in [5.74, 6) is 0. The van der Waals surface area contributed by atoms with Crippen LogP contribution in [0.4, 0.5) is 0 Å². The Bertz CT molecular complexity index is 214. The first-order valence-corrected chi connectivity index (χ1v) is 4.83. The summed E-state index contributed by atoms with van der Waals surface area (Å²) in [6.07, 6.45) is 0. The Hall–Kier alpha value is -0.820. The number of rotatable bonds is 2. The lowest BCUT2D eigenvalue weighted by Gasteiger charge is -2.21. The van der Waals surface area contributed by atoms with E-state index in [2.05, 4.69) is 0 Å². The third-order valence-corrected chi connectivity index (χ3v) is 1.95. The van der Waals surface area contributed by atoms with E-state index in [1.807, 2.05) is 58.0 Å². The van der Waals surface area contributed by atoms with E-state index in [0.29, 0.717) is 0 Å². The van der Waals surface area contributed by atoms with Gasteiger partial charge in [0.15, 0.2) is 0 Å². The summed E-state index contributed by atoms with van der Waals surface area (Å²) in [4.78, 5) is 0. The van der Waals surface area contributed by atoms with E-state index in [4.69, 9.17) is 5.11 Å². The summed E-state index contributed by atoms with van der Waals surface area (Å²) < 4.78 is 0. The highest BCUT2D eigenvalue weighted by Crippen LogP contribution is 2.21. The average molecular weight is 180 g/mol. The van der Waals surface area contributed by atoms with E-state index < -0.39 is 0 Å². The third-order valence-electron chi connectivity index (χ3n) is 1.95. The predicted octanol–water partition coefficient (Wildman–Crippen LogP) is 2.98. The fraction of sp³-hybridized carbons (Fsp3) is 0.500. The number of aliphatic hydroxyl groups excluding tert-OH is 1. The highest BCUT2D eigenvalue weighted by molar-refractivity contribution is 5.23. The summed E-state index contributed by atoms with van der Waals surface area (Å²) in [6, 6.07) is 10.0. The van der Waals surface area contributed by atoms with Gasteiger partial charge in [0, 0.05) is 5.41 Å². The highest BCUT2D eigenvalue weighted by atomic mass is 16.3. The fourth-order valence-electron chi connectivity index (χ4n) is 0.981. The first-order chi connectivity index (χ1) is 6.17. The first kappa shape index (κ1) is 12.2. The SMILES string of the molecule is CC.CC(C)(CO)c1ccccc1. The van der Waals surface area contributed by atoms with Crippen molar-refractivity contribution in [3.05, 3.63) is 35.9 Å². The monoisotopic (exact) mass is 180 g/mol. The van der Waals surface area contributed by atoms with Crippen molar-refractivity contribution in [1.82, 2.24) is 0 Å². The maximum atomic E-state index is 9.05. The van der Waals surface area contributed by atoms with Crippen molar-refractivity contribution < 1.29 is 5.11 Å². The molecule has 0 aliphatic rings. The molecule has 1 aromatic rings. The van der Waals surface area contributed by atoms with Crippen LogP contribution in [0, 0.1) is 0 Å². The second kappa shape index (κ2) is 5.76. The smallest absolute Gasteiger partial charge is 0.0522 e. The largest absolute Gasteiger partial charge is 0.395 e. The van der Waals surface area contributed by atoms with E-state index >= 15 is 0 Å². The molecule has 0 amide bonds. The van der Waals surface area contributed by atoms with Crippen molar-refractivity contribution in [2.45, 2.75) is 33.1 Å². The maximum Gasteiger partial charge on any atom is 0.0522 e. The summed E-state index contributed by atoms with van der Waals surface area (Å²) in [5.41, 5.74) is 1.07. The molecule has 0 saturated carbocycles. The van der Waals surface area contributed by atoms with Crippen molar-refractivity contribution in [3.8, 4) is 0 Å². The molecule has 1 nitrogen and oxygen atoms in total. The predicted molar refractivity (Wildman–Crippen MR) is 57.9 cm³/mol. The van der Waals surface area contributed by atoms with Crippen molar-refractivity contribution >= 4 is 0 Å². The standard InChI is InChI=1S/C10H14O.C2H6/c1-10(2,8-11)9-6-4-3-5-7-9;1-2/h3-7,11H,8H2,1-2H3;1-2H3. The number of hydrogen-bond donors (Lipinski definition) is 1. The van der Waals surface area contributed by atoms with E-state index in [0.717, 1.165) is 0 Å². The second-order valence-corrected chi connectivity index (χ2v) is 3.41. The van der Waals surface area contributed by atoms with Crippen LogP contribution in [0.5, 0.6) is 0 Å². The quantitative estimate of drug-likeness (QED) is 0.741. The van der Waals surface area contributed by atoms with Crippen LogP contribution in [-0.2, 0) is 5.41 Å². The Morgan fingerprint density at radius 2 is 1.54 bits per heavy atom. The maximum absolute atomic E-state index is 9.05. The van der Waals surface area contributed by atoms with Crippen LogP contribution in [0.2, 0.25) is 0 Å². The van der Waals surface area contributed by atoms with Crippen LogP contribution in [0.25, 0.3) is 0 Å². The summed E-state index contributed by atoms with van der Waals surface area (Å²) in [5, 5.41) is 9.05. The van der Waals surface area contributed by atoms with Gasteiger partial charge in [-0.2, -0.15) is 0 Å². The Morgan fingerprint density at radius 1 is 1.08 bits per heavy atom. The molecular weight excluding hydrogens is 160 g/mol. The summed E-state index contributed by atoms with van der Waals surface area (Å²) in [6.45, 7) is 8.25. The van der Waals surface area contributed by atoms with Crippen molar-refractivity contribution in [3.63, 3.8) is 0 Å². The minimum Gasteiger partial charge on any atom is -0.395 e. The molecule has 0 spiro atoms. The molecule has 1 rings (SSSR count). The highest BCUT2D eigenvalue weighted by Gasteiger charge is 2.17. The molecule has 0 atom stereocenters. The molecule has 0 radical (unpaired) electrons. The lowest BCUT2D eigenvalue weighted by atomic mass is 9.86. The Kier molecular flexibility index (Phi) is 5.40. The molecule has 0 aromatic heterocycles. The normalized spacial score (nSPS) is 10.2. The molecule has 0 bridgehead atoms. The van der Waals surface area contributed by atoms with Gasteiger partial charge in [-0.25, -0.2) is 0 Å². The van der Waals surface area contributed by atoms with Crippen LogP contribution in [0.15, 0.2) is 30.3 Å². The van der Waals surface area contributed by atoms with E-state index in [-0.39, 0.29) is 12.0 Å². The molecule has 0 unspecified atom stereocenters. The van der Waals surface area contributed by atoms with Crippen molar-refractivity contribution in [2.24, 2.45) is 0 Å². The Balaban J connectivity index is 0.000000671. The fourth-order valence-corrected chi connectivity index (χ4v) is 0.981. The lowest BCUT2D eigenvalue weighted by molar-refractivity contribution is 0.218. The first-order valence-electron chi connectivity index (χ1n) is 4.83. The topological polar surface area (TPSA) is 20.2 Å². The van der Waals surface area contributed by atoms with Gasteiger partial charge in [0.25, 0.3) is 0 Å². The zero-order chi connectivity index (χ0) is 10.3. The van der Waals surface area contributed by atoms with Crippen LogP contribution in [0.3, 0.4) is 0 Å². The van der Waals surface area contributed by atoms with Crippen LogP contribution in [0.1, 0.15) is 33.3 Å². The van der Waals surface area contributed by atoms with Crippen molar-refractivity contribution in [1.29, 1.82) is 0 Å². The third kappa shape index (κ3) is 3.60. The Labute approximate surface area is 81.4 Å². The molecule has 0 fully saturated rings. The average Bonchev–Trinajstić information content (AvgIpc) is 2.22. The van der Waals surface area contributed by atoms with Gasteiger partial charge in [-0.05, 0) is 5.56 Å². The number of aliphatic hydroxyl groups is 1. The molecule has 1 aromatic carbocycles. The summed E-state index contributed by atoms with van der Waals surface area (Å²) in [7, 11) is 0. The van der Waals surface area contributed by atoms with Gasteiger partial charge in [0.2, 0.25) is 0 Å². The van der Waals surface area contributed by atoms with Gasteiger partial charge >= 0.3 is 0 Å². The molecule has 0 saturated heterocycles. The molecule has 0 aliphatic carbocycles. The molecular formula is C12H20O. The van der Waals surface area contributed by atoms with Crippen LogP contribution >= 0.6 is 0 Å². The van der Waals surface area contributed by atoms with Crippen LogP contribution in [-0.4, -0.2) is 11.7 Å². The minimum atomic E-state index is -0.110. The lowest BCUT2D eigenvalue weighted by Crippen LogP contribution is -2.21. The zero-order valence-electron chi connectivity index (χ0n) is 9.04. The van der Waals surface area contributed by atoms with Crippen LogP contribution < -0.4 is 0 Å². The molecule has 0 aliphatic heterocycles. The zero-order valence-corrected chi connectivity index (χ0v) is 9.04.